The third-order valence-electron chi connectivity index (χ3n) is 3.85. The van der Waals surface area contributed by atoms with Gasteiger partial charge in [0.05, 0.1) is 6.54 Å². The van der Waals surface area contributed by atoms with Crippen LogP contribution >= 0.6 is 11.6 Å². The van der Waals surface area contributed by atoms with Crippen LogP contribution in [-0.2, 0) is 13.0 Å². The van der Waals surface area contributed by atoms with E-state index < -0.39 is 0 Å². The van der Waals surface area contributed by atoms with Gasteiger partial charge in [-0.05, 0) is 41.5 Å². The lowest BCUT2D eigenvalue weighted by Crippen LogP contribution is -2.41. The second-order valence-corrected chi connectivity index (χ2v) is 6.02. The largest absolute Gasteiger partial charge is 0.431 e. The Bertz CT molecular complexity index is 868. The summed E-state index contributed by atoms with van der Waals surface area (Å²) in [5.74, 6) is 0. The van der Waals surface area contributed by atoms with Crippen molar-refractivity contribution in [2.75, 3.05) is 6.54 Å². The Morgan fingerprint density at radius 1 is 1.17 bits per heavy atom. The van der Waals surface area contributed by atoms with Crippen molar-refractivity contribution >= 4 is 11.6 Å². The molecule has 0 amide bonds. The van der Waals surface area contributed by atoms with Crippen LogP contribution in [0.2, 0.25) is 5.02 Å². The highest BCUT2D eigenvalue weighted by molar-refractivity contribution is 6.31. The fourth-order valence-corrected chi connectivity index (χ4v) is 2.71. The van der Waals surface area contributed by atoms with Crippen LogP contribution in [0.15, 0.2) is 57.8 Å². The molecule has 0 saturated carbocycles. The van der Waals surface area contributed by atoms with Crippen molar-refractivity contribution in [3.8, 4) is 5.69 Å². The van der Waals surface area contributed by atoms with Crippen molar-refractivity contribution in [2.45, 2.75) is 19.9 Å². The summed E-state index contributed by atoms with van der Waals surface area (Å²) in [5.41, 5.74) is 3.25. The highest BCUT2D eigenvalue weighted by atomic mass is 35.5. The molecule has 24 heavy (non-hydrogen) atoms. The summed E-state index contributed by atoms with van der Waals surface area (Å²) < 4.78 is 6.59. The van der Waals surface area contributed by atoms with Crippen molar-refractivity contribution in [3.05, 3.63) is 80.8 Å². The monoisotopic (exact) mass is 344 g/mol. The summed E-state index contributed by atoms with van der Waals surface area (Å²) in [7, 11) is 0. The number of benzene rings is 2. The molecule has 0 bridgehead atoms. The molecule has 1 aromatic heterocycles. The highest BCUT2D eigenvalue weighted by Crippen LogP contribution is 2.14. The lowest BCUT2D eigenvalue weighted by molar-refractivity contribution is -0.677. The summed E-state index contributed by atoms with van der Waals surface area (Å²) in [5, 5.41) is 6.67. The summed E-state index contributed by atoms with van der Waals surface area (Å²) in [6.45, 7) is 3.14. The molecule has 0 aliphatic rings. The standard InChI is InChI=1S/C18H18ClN3O2/c1-13-6-8-15(9-7-13)22-17(18(23)24-21-22)12-20-11-10-14-4-2-3-5-16(14)19/h2-9,20H,10-12H2,1H3/p+1. The van der Waals surface area contributed by atoms with Crippen molar-refractivity contribution in [1.82, 2.24) is 10.6 Å². The molecule has 0 unspecified atom stereocenters. The van der Waals surface area contributed by atoms with E-state index in [1.165, 1.54) is 0 Å². The third-order valence-corrected chi connectivity index (χ3v) is 4.22. The maximum absolute atomic E-state index is 11.9. The zero-order valence-electron chi connectivity index (χ0n) is 13.4. The van der Waals surface area contributed by atoms with E-state index in [-0.39, 0.29) is 5.63 Å². The van der Waals surface area contributed by atoms with E-state index in [9.17, 15) is 4.79 Å². The lowest BCUT2D eigenvalue weighted by Gasteiger charge is -2.04. The minimum absolute atomic E-state index is 0.374. The molecule has 0 spiro atoms. The molecule has 3 rings (SSSR count). The van der Waals surface area contributed by atoms with Crippen LogP contribution in [0.4, 0.5) is 0 Å². The first-order valence-electron chi connectivity index (χ1n) is 7.79. The average Bonchev–Trinajstić information content (AvgIpc) is 2.95. The van der Waals surface area contributed by atoms with Gasteiger partial charge in [-0.1, -0.05) is 47.5 Å². The minimum Gasteiger partial charge on any atom is -0.307 e. The predicted octanol–water partition coefficient (Wildman–Crippen LogP) is 2.54. The van der Waals surface area contributed by atoms with Gasteiger partial charge < -0.3 is 5.32 Å². The zero-order chi connectivity index (χ0) is 16.9. The number of hydrogen-bond acceptors (Lipinski definition) is 3. The quantitative estimate of drug-likeness (QED) is 0.533. The topological polar surface area (TPSA) is 61.9 Å². The summed E-state index contributed by atoms with van der Waals surface area (Å²) in [4.78, 5) is 11.9. The van der Waals surface area contributed by atoms with E-state index in [1.807, 2.05) is 55.5 Å². The van der Waals surface area contributed by atoms with Crippen molar-refractivity contribution in [1.29, 1.82) is 0 Å². The Labute approximate surface area is 144 Å². The molecule has 3 aromatic rings. The van der Waals surface area contributed by atoms with Gasteiger partial charge in [-0.15, -0.1) is 0 Å². The molecule has 2 N–H and O–H groups in total. The molecule has 2 aromatic carbocycles. The molecule has 0 atom stereocenters. The van der Waals surface area contributed by atoms with Crippen LogP contribution in [-0.4, -0.2) is 11.8 Å². The Hall–Kier alpha value is -2.37. The number of aromatic amines is 1. The van der Waals surface area contributed by atoms with Crippen LogP contribution in [0, 0.1) is 6.92 Å². The van der Waals surface area contributed by atoms with Gasteiger partial charge in [0.15, 0.2) is 0 Å². The summed E-state index contributed by atoms with van der Waals surface area (Å²) in [6.07, 6.45) is 0.792. The molecular weight excluding hydrogens is 326 g/mol. The molecule has 124 valence electrons. The first-order valence-corrected chi connectivity index (χ1v) is 8.16. The van der Waals surface area contributed by atoms with Gasteiger partial charge in [-0.25, -0.2) is 4.79 Å². The fourth-order valence-electron chi connectivity index (χ4n) is 2.48. The molecule has 0 radical (unpaired) electrons. The van der Waals surface area contributed by atoms with E-state index in [0.29, 0.717) is 18.8 Å². The molecule has 0 saturated heterocycles. The first-order chi connectivity index (χ1) is 11.6. The van der Waals surface area contributed by atoms with E-state index in [1.54, 1.807) is 4.68 Å². The normalized spacial score (nSPS) is 10.9. The fraction of sp³-hybridized carbons (Fsp3) is 0.222. The lowest BCUT2D eigenvalue weighted by atomic mass is 10.1. The van der Waals surface area contributed by atoms with E-state index >= 15 is 0 Å². The third kappa shape index (κ3) is 3.75. The number of aromatic nitrogens is 2. The van der Waals surface area contributed by atoms with Crippen LogP contribution in [0.3, 0.4) is 0 Å². The van der Waals surface area contributed by atoms with Gasteiger partial charge in [-0.3, -0.25) is 4.52 Å². The molecule has 1 heterocycles. The Kier molecular flexibility index (Phi) is 5.13. The van der Waals surface area contributed by atoms with E-state index in [2.05, 4.69) is 10.6 Å². The second-order valence-electron chi connectivity index (χ2n) is 5.62. The molecule has 6 heteroatoms. The number of halogens is 1. The number of nitrogens with zero attached hydrogens (tertiary/aromatic N) is 1. The van der Waals surface area contributed by atoms with Crippen LogP contribution in [0.5, 0.6) is 0 Å². The van der Waals surface area contributed by atoms with Gasteiger partial charge in [0.25, 0.3) is 0 Å². The first kappa shape index (κ1) is 16.5. The highest BCUT2D eigenvalue weighted by Gasteiger charge is 2.22. The molecule has 5 nitrogen and oxygen atoms in total. The number of nitrogens with one attached hydrogen (secondary N) is 2. The second kappa shape index (κ2) is 7.47. The number of hydrogen-bond donors (Lipinski definition) is 2. The van der Waals surface area contributed by atoms with Crippen LogP contribution in [0.1, 0.15) is 16.8 Å². The SMILES string of the molecule is Cc1ccc(-[n+]2[nH]oc(=O)c2CNCCc2ccccc2Cl)cc1. The number of rotatable bonds is 6. The van der Waals surface area contributed by atoms with E-state index in [4.69, 9.17) is 16.1 Å². The summed E-state index contributed by atoms with van der Waals surface area (Å²) in [6, 6.07) is 15.6. The Balaban J connectivity index is 1.65. The van der Waals surface area contributed by atoms with Crippen LogP contribution in [0.25, 0.3) is 5.69 Å². The summed E-state index contributed by atoms with van der Waals surface area (Å²) >= 11 is 6.14. The van der Waals surface area contributed by atoms with Crippen molar-refractivity contribution in [3.63, 3.8) is 0 Å². The van der Waals surface area contributed by atoms with Gasteiger partial charge in [-0.2, -0.15) is 0 Å². The zero-order valence-corrected chi connectivity index (χ0v) is 14.1. The Morgan fingerprint density at radius 2 is 1.92 bits per heavy atom. The van der Waals surface area contributed by atoms with Gasteiger partial charge in [0, 0.05) is 17.2 Å². The number of H-pyrrole nitrogens is 1. The smallest absolute Gasteiger partial charge is 0.307 e. The van der Waals surface area contributed by atoms with Gasteiger partial charge in [0.2, 0.25) is 5.69 Å². The maximum atomic E-state index is 11.9. The Morgan fingerprint density at radius 3 is 2.67 bits per heavy atom. The maximum Gasteiger partial charge on any atom is 0.431 e. The van der Waals surface area contributed by atoms with Crippen molar-refractivity contribution in [2.24, 2.45) is 0 Å². The predicted molar refractivity (Wildman–Crippen MR) is 92.5 cm³/mol. The molecule has 0 fully saturated rings. The molecule has 0 aliphatic heterocycles. The van der Waals surface area contributed by atoms with Gasteiger partial charge in [0.1, 0.15) is 0 Å². The number of aryl methyl sites for hydroxylation is 1. The molecule has 0 aliphatic carbocycles. The van der Waals surface area contributed by atoms with Crippen LogP contribution < -0.4 is 15.6 Å². The molecular formula is C18H19ClN3O2+. The van der Waals surface area contributed by atoms with Crippen molar-refractivity contribution < 1.29 is 9.20 Å². The minimum atomic E-state index is -0.374. The van der Waals surface area contributed by atoms with E-state index in [0.717, 1.165) is 28.3 Å². The van der Waals surface area contributed by atoms with Gasteiger partial charge >= 0.3 is 11.3 Å². The average molecular weight is 345 g/mol.